The topological polar surface area (TPSA) is 67.2 Å². The van der Waals surface area contributed by atoms with Gasteiger partial charge in [0.05, 0.1) is 11.1 Å². The van der Waals surface area contributed by atoms with E-state index in [0.717, 1.165) is 23.4 Å². The third-order valence-electron chi connectivity index (χ3n) is 6.23. The number of carbonyl (C=O) groups is 2. The molecule has 0 saturated carbocycles. The van der Waals surface area contributed by atoms with Crippen molar-refractivity contribution in [3.63, 3.8) is 0 Å². The van der Waals surface area contributed by atoms with Crippen LogP contribution < -0.4 is 5.32 Å². The number of anilines is 1. The second-order valence-corrected chi connectivity index (χ2v) is 8.87. The minimum atomic E-state index is -4.51. The van der Waals surface area contributed by atoms with Gasteiger partial charge in [-0.15, -0.1) is 0 Å². The summed E-state index contributed by atoms with van der Waals surface area (Å²) in [7, 11) is 1.71. The molecular weight excluding hydrogens is 493 g/mol. The zero-order chi connectivity index (χ0) is 27.3. The second kappa shape index (κ2) is 11.3. The van der Waals surface area contributed by atoms with Gasteiger partial charge >= 0.3 is 6.18 Å². The first-order valence-corrected chi connectivity index (χ1v) is 12.1. The van der Waals surface area contributed by atoms with Crippen LogP contribution in [0.25, 0.3) is 11.3 Å². The fourth-order valence-corrected chi connectivity index (χ4v) is 4.24. The Labute approximate surface area is 218 Å². The van der Waals surface area contributed by atoms with Crippen molar-refractivity contribution in [2.75, 3.05) is 18.9 Å². The molecule has 2 aromatic carbocycles. The number of alkyl halides is 3. The van der Waals surface area contributed by atoms with Crippen LogP contribution in [0.2, 0.25) is 0 Å². The number of amides is 2. The molecule has 0 aliphatic rings. The molecule has 0 fully saturated rings. The maximum Gasteiger partial charge on any atom is 0.416 e. The molecule has 0 radical (unpaired) electrons. The Morgan fingerprint density at radius 3 is 2.39 bits per heavy atom. The predicted molar refractivity (Wildman–Crippen MR) is 140 cm³/mol. The zero-order valence-electron chi connectivity index (χ0n) is 21.0. The number of halogens is 3. The molecule has 0 atom stereocenters. The van der Waals surface area contributed by atoms with Crippen molar-refractivity contribution in [1.29, 1.82) is 0 Å². The lowest BCUT2D eigenvalue weighted by Gasteiger charge is -2.18. The fraction of sp³-hybridized carbons (Fsp3) is 0.207. The van der Waals surface area contributed by atoms with Crippen LogP contribution >= 0.6 is 0 Å². The van der Waals surface area contributed by atoms with E-state index >= 15 is 0 Å². The van der Waals surface area contributed by atoms with Gasteiger partial charge in [0.2, 0.25) is 0 Å². The highest BCUT2D eigenvalue weighted by Gasteiger charge is 2.30. The number of nitrogens with zero attached hydrogens (tertiary/aromatic N) is 3. The van der Waals surface area contributed by atoms with E-state index < -0.39 is 17.6 Å². The molecule has 0 bridgehead atoms. The van der Waals surface area contributed by atoms with Crippen molar-refractivity contribution < 1.29 is 22.8 Å². The van der Waals surface area contributed by atoms with Crippen molar-refractivity contribution in [3.8, 4) is 11.3 Å². The van der Waals surface area contributed by atoms with E-state index in [9.17, 15) is 22.8 Å². The number of hydrogen-bond donors (Lipinski definition) is 1. The molecule has 0 spiro atoms. The van der Waals surface area contributed by atoms with E-state index in [0.29, 0.717) is 36.5 Å². The summed E-state index contributed by atoms with van der Waals surface area (Å²) in [5.74, 6) is -0.681. The minimum absolute atomic E-state index is 0.0629. The summed E-state index contributed by atoms with van der Waals surface area (Å²) >= 11 is 0. The molecule has 0 unspecified atom stereocenters. The van der Waals surface area contributed by atoms with Gasteiger partial charge in [-0.1, -0.05) is 42.5 Å². The van der Waals surface area contributed by atoms with Crippen LogP contribution in [0.15, 0.2) is 85.1 Å². The molecule has 6 nitrogen and oxygen atoms in total. The Bertz CT molecular complexity index is 1420. The number of hydrogen-bond acceptors (Lipinski definition) is 3. The molecule has 0 aliphatic heterocycles. The fourth-order valence-electron chi connectivity index (χ4n) is 4.24. The van der Waals surface area contributed by atoms with Gasteiger partial charge in [-0.3, -0.25) is 14.6 Å². The predicted octanol–water partition coefficient (Wildman–Crippen LogP) is 6.29. The van der Waals surface area contributed by atoms with E-state index in [1.54, 1.807) is 49.3 Å². The van der Waals surface area contributed by atoms with Gasteiger partial charge in [0, 0.05) is 43.4 Å². The Balaban J connectivity index is 1.55. The quantitative estimate of drug-likeness (QED) is 0.297. The van der Waals surface area contributed by atoms with Crippen molar-refractivity contribution in [2.45, 2.75) is 26.1 Å². The van der Waals surface area contributed by atoms with Crippen molar-refractivity contribution in [2.24, 2.45) is 0 Å². The maximum atomic E-state index is 13.2. The molecule has 38 heavy (non-hydrogen) atoms. The molecule has 2 heterocycles. The molecule has 0 aliphatic carbocycles. The summed E-state index contributed by atoms with van der Waals surface area (Å²) in [6.45, 7) is 2.79. The van der Waals surface area contributed by atoms with Gasteiger partial charge in [0.1, 0.15) is 5.69 Å². The van der Waals surface area contributed by atoms with Crippen molar-refractivity contribution >= 4 is 17.5 Å². The molecule has 4 rings (SSSR count). The van der Waals surface area contributed by atoms with Gasteiger partial charge in [0.25, 0.3) is 11.8 Å². The zero-order valence-corrected chi connectivity index (χ0v) is 21.0. The van der Waals surface area contributed by atoms with Gasteiger partial charge in [-0.2, -0.15) is 13.2 Å². The van der Waals surface area contributed by atoms with E-state index in [1.165, 1.54) is 12.1 Å². The third-order valence-corrected chi connectivity index (χ3v) is 6.23. The van der Waals surface area contributed by atoms with Gasteiger partial charge in [0.15, 0.2) is 0 Å². The molecule has 0 saturated heterocycles. The second-order valence-electron chi connectivity index (χ2n) is 8.87. The lowest BCUT2D eigenvalue weighted by atomic mass is 10.1. The number of rotatable bonds is 8. The first-order chi connectivity index (χ1) is 18.1. The molecular formula is C29H27F3N4O2. The summed E-state index contributed by atoms with van der Waals surface area (Å²) < 4.78 is 41.3. The number of carbonyl (C=O) groups excluding carboxylic acids is 2. The highest BCUT2D eigenvalue weighted by atomic mass is 19.4. The average Bonchev–Trinajstić information content (AvgIpc) is 3.25. The summed E-state index contributed by atoms with van der Waals surface area (Å²) in [5, 5.41) is 2.60. The third kappa shape index (κ3) is 6.11. The Kier molecular flexibility index (Phi) is 7.95. The normalized spacial score (nSPS) is 11.3. The van der Waals surface area contributed by atoms with Crippen LogP contribution in [0.5, 0.6) is 0 Å². The smallest absolute Gasteiger partial charge is 0.344 e. The summed E-state index contributed by atoms with van der Waals surface area (Å²) in [5.41, 5.74) is 2.33. The highest BCUT2D eigenvalue weighted by Crippen LogP contribution is 2.31. The summed E-state index contributed by atoms with van der Waals surface area (Å²) in [6.07, 6.45) is -2.33. The van der Waals surface area contributed by atoms with Crippen LogP contribution in [0.4, 0.5) is 18.9 Å². The number of pyridine rings is 1. The van der Waals surface area contributed by atoms with E-state index in [1.807, 2.05) is 34.9 Å². The van der Waals surface area contributed by atoms with E-state index in [2.05, 4.69) is 10.3 Å². The molecule has 9 heteroatoms. The number of benzene rings is 2. The van der Waals surface area contributed by atoms with Gasteiger partial charge < -0.3 is 14.8 Å². The Hall–Kier alpha value is -4.40. The molecule has 196 valence electrons. The van der Waals surface area contributed by atoms with Crippen LogP contribution in [0, 0.1) is 6.92 Å². The largest absolute Gasteiger partial charge is 0.416 e. The van der Waals surface area contributed by atoms with E-state index in [-0.39, 0.29) is 11.6 Å². The molecule has 1 N–H and O–H groups in total. The highest BCUT2D eigenvalue weighted by molar-refractivity contribution is 6.06. The van der Waals surface area contributed by atoms with Crippen LogP contribution in [-0.2, 0) is 12.7 Å². The maximum absolute atomic E-state index is 13.2. The average molecular weight is 521 g/mol. The van der Waals surface area contributed by atoms with Gasteiger partial charge in [-0.05, 0) is 55.3 Å². The summed E-state index contributed by atoms with van der Waals surface area (Å²) in [4.78, 5) is 31.5. The van der Waals surface area contributed by atoms with E-state index in [4.69, 9.17) is 0 Å². The molecule has 4 aromatic rings. The van der Waals surface area contributed by atoms with Crippen LogP contribution in [0.1, 0.15) is 38.5 Å². The first kappa shape index (κ1) is 26.7. The molecule has 2 amide bonds. The first-order valence-electron chi connectivity index (χ1n) is 12.1. The minimum Gasteiger partial charge on any atom is -0.344 e. The van der Waals surface area contributed by atoms with Crippen LogP contribution in [-0.4, -0.2) is 39.9 Å². The van der Waals surface area contributed by atoms with Crippen molar-refractivity contribution in [1.82, 2.24) is 14.5 Å². The van der Waals surface area contributed by atoms with Crippen LogP contribution in [0.3, 0.4) is 0 Å². The monoisotopic (exact) mass is 520 g/mol. The summed E-state index contributed by atoms with van der Waals surface area (Å²) in [6, 6.07) is 21.0. The van der Waals surface area contributed by atoms with Crippen molar-refractivity contribution in [3.05, 3.63) is 108 Å². The number of aromatic nitrogens is 2. The number of nitrogens with one attached hydrogen (secondary N) is 1. The SMILES string of the molecule is Cc1c(C(=O)Nc2cccc(C(F)(F)F)c2)cc(-c2ccccc2)n1CCCN(C)C(=O)c1ccccn1. The molecule has 2 aromatic heterocycles. The Morgan fingerprint density at radius 2 is 1.71 bits per heavy atom. The Morgan fingerprint density at radius 1 is 0.974 bits per heavy atom. The van der Waals surface area contributed by atoms with Gasteiger partial charge in [-0.25, -0.2) is 0 Å². The lowest BCUT2D eigenvalue weighted by molar-refractivity contribution is -0.137. The standard InChI is InChI=1S/C29H27F3N4O2/c1-20-24(27(37)34-23-13-8-12-22(18-23)29(30,31)32)19-26(21-10-4-3-5-11-21)36(20)17-9-16-35(2)28(38)25-14-6-7-15-33-25/h3-8,10-15,18-19H,9,16-17H2,1-2H3,(H,34,37). The lowest BCUT2D eigenvalue weighted by Crippen LogP contribution is -2.29.